The third kappa shape index (κ3) is 3.94. The van der Waals surface area contributed by atoms with E-state index in [2.05, 4.69) is 11.2 Å². The number of nitrogens with zero attached hydrogens (tertiary/aromatic N) is 2. The largest absolute Gasteiger partial charge is 0.338 e. The monoisotopic (exact) mass is 350 g/mol. The first kappa shape index (κ1) is 17.7. The summed E-state index contributed by atoms with van der Waals surface area (Å²) in [6, 6.07) is 6.52. The van der Waals surface area contributed by atoms with Crippen molar-refractivity contribution in [3.63, 3.8) is 0 Å². The molecule has 3 nitrogen and oxygen atoms in total. The average Bonchev–Trinajstić information content (AvgIpc) is 2.98. The molecule has 1 atom stereocenters. The minimum atomic E-state index is -0.225. The van der Waals surface area contributed by atoms with Crippen LogP contribution in [0.25, 0.3) is 0 Å². The van der Waals surface area contributed by atoms with E-state index in [0.717, 1.165) is 51.0 Å². The molecule has 24 heavy (non-hydrogen) atoms. The smallest absolute Gasteiger partial charge is 0.230 e. The second-order valence-electron chi connectivity index (χ2n) is 7.11. The highest BCUT2D eigenvalue weighted by molar-refractivity contribution is 7.98. The first-order valence-electron chi connectivity index (χ1n) is 8.88. The number of hydrogen-bond donors (Lipinski definition) is 0. The normalized spacial score (nSPS) is 24.9. The zero-order valence-electron chi connectivity index (χ0n) is 14.5. The second-order valence-corrected chi connectivity index (χ2v) is 8.10. The molecule has 0 radical (unpaired) electrons. The number of likely N-dealkylation sites (tertiary alicyclic amines) is 2. The molecule has 1 aromatic carbocycles. The number of amides is 1. The number of rotatable bonds is 6. The zero-order chi connectivity index (χ0) is 17.0. The Bertz CT molecular complexity index is 565. The summed E-state index contributed by atoms with van der Waals surface area (Å²) in [6.07, 6.45) is 6.43. The van der Waals surface area contributed by atoms with E-state index in [1.165, 1.54) is 24.3 Å². The predicted molar refractivity (Wildman–Crippen MR) is 97.5 cm³/mol. The highest BCUT2D eigenvalue weighted by Gasteiger charge is 2.47. The Labute approximate surface area is 148 Å². The minimum Gasteiger partial charge on any atom is -0.338 e. The number of carbonyl (C=O) groups is 1. The molecule has 2 heterocycles. The summed E-state index contributed by atoms with van der Waals surface area (Å²) >= 11 is 1.89. The number of thioether (sulfide) groups is 1. The summed E-state index contributed by atoms with van der Waals surface area (Å²) in [5, 5.41) is 0. The molecule has 1 amide bonds. The molecule has 0 N–H and O–H groups in total. The van der Waals surface area contributed by atoms with Gasteiger partial charge in [-0.15, -0.1) is 0 Å². The summed E-state index contributed by atoms with van der Waals surface area (Å²) in [5.41, 5.74) is 0.842. The molecule has 1 aromatic rings. The van der Waals surface area contributed by atoms with Crippen molar-refractivity contribution in [3.05, 3.63) is 35.6 Å². The van der Waals surface area contributed by atoms with Crippen LogP contribution in [-0.4, -0.2) is 53.9 Å². The van der Waals surface area contributed by atoms with Crippen molar-refractivity contribution in [2.75, 3.05) is 38.2 Å². The highest BCUT2D eigenvalue weighted by Crippen LogP contribution is 2.40. The maximum atomic E-state index is 13.1. The van der Waals surface area contributed by atoms with E-state index >= 15 is 0 Å². The molecule has 0 saturated carbocycles. The number of benzene rings is 1. The Morgan fingerprint density at radius 3 is 2.75 bits per heavy atom. The van der Waals surface area contributed by atoms with Crippen LogP contribution in [0.1, 0.15) is 31.2 Å². The minimum absolute atomic E-state index is 0.169. The number of halogens is 1. The number of hydrogen-bond acceptors (Lipinski definition) is 3. The SMILES string of the molecule is CSCCCN1CCC2(CCCN(Cc3ccc(F)cc3)C2=O)C1. The summed E-state index contributed by atoms with van der Waals surface area (Å²) in [7, 11) is 0. The van der Waals surface area contributed by atoms with Crippen molar-refractivity contribution in [2.45, 2.75) is 32.2 Å². The van der Waals surface area contributed by atoms with Crippen LogP contribution >= 0.6 is 11.8 Å². The molecular weight excluding hydrogens is 323 g/mol. The molecule has 0 aromatic heterocycles. The molecule has 0 aliphatic carbocycles. The van der Waals surface area contributed by atoms with Gasteiger partial charge in [-0.3, -0.25) is 4.79 Å². The third-order valence-corrected chi connectivity index (χ3v) is 6.06. The lowest BCUT2D eigenvalue weighted by atomic mass is 9.78. The molecule has 2 aliphatic heterocycles. The van der Waals surface area contributed by atoms with Gasteiger partial charge in [0.2, 0.25) is 5.91 Å². The average molecular weight is 351 g/mol. The summed E-state index contributed by atoms with van der Waals surface area (Å²) in [5.74, 6) is 1.27. The van der Waals surface area contributed by atoms with Crippen molar-refractivity contribution in [1.82, 2.24) is 9.80 Å². The summed E-state index contributed by atoms with van der Waals surface area (Å²) < 4.78 is 13.1. The molecule has 3 rings (SSSR count). The Morgan fingerprint density at radius 2 is 2.00 bits per heavy atom. The Morgan fingerprint density at radius 1 is 1.21 bits per heavy atom. The predicted octanol–water partition coefficient (Wildman–Crippen LogP) is 3.39. The van der Waals surface area contributed by atoms with Crippen LogP contribution in [-0.2, 0) is 11.3 Å². The van der Waals surface area contributed by atoms with Gasteiger partial charge in [0.15, 0.2) is 0 Å². The second kappa shape index (κ2) is 7.87. The maximum Gasteiger partial charge on any atom is 0.230 e. The molecule has 2 fully saturated rings. The van der Waals surface area contributed by atoms with Gasteiger partial charge in [0, 0.05) is 19.6 Å². The lowest BCUT2D eigenvalue weighted by Crippen LogP contribution is -2.49. The van der Waals surface area contributed by atoms with Crippen LogP contribution in [0.3, 0.4) is 0 Å². The van der Waals surface area contributed by atoms with Crippen LogP contribution in [0.4, 0.5) is 4.39 Å². The van der Waals surface area contributed by atoms with E-state index < -0.39 is 0 Å². The molecular formula is C19H27FN2OS. The van der Waals surface area contributed by atoms with Gasteiger partial charge < -0.3 is 9.80 Å². The van der Waals surface area contributed by atoms with E-state index in [1.807, 2.05) is 16.7 Å². The zero-order valence-corrected chi connectivity index (χ0v) is 15.3. The Balaban J connectivity index is 1.61. The van der Waals surface area contributed by atoms with Gasteiger partial charge in [-0.05, 0) is 68.5 Å². The summed E-state index contributed by atoms with van der Waals surface area (Å²) in [4.78, 5) is 17.6. The molecule has 5 heteroatoms. The molecule has 1 unspecified atom stereocenters. The number of carbonyl (C=O) groups excluding carboxylic acids is 1. The lowest BCUT2D eigenvalue weighted by molar-refractivity contribution is -0.146. The Kier molecular flexibility index (Phi) is 5.82. The highest BCUT2D eigenvalue weighted by atomic mass is 32.2. The van der Waals surface area contributed by atoms with Crippen LogP contribution in [0, 0.1) is 11.2 Å². The molecule has 2 aliphatic rings. The maximum absolute atomic E-state index is 13.1. The van der Waals surface area contributed by atoms with Crippen LogP contribution in [0.5, 0.6) is 0 Å². The molecule has 1 spiro atoms. The van der Waals surface area contributed by atoms with Crippen molar-refractivity contribution >= 4 is 17.7 Å². The van der Waals surface area contributed by atoms with Gasteiger partial charge >= 0.3 is 0 Å². The van der Waals surface area contributed by atoms with Gasteiger partial charge in [-0.25, -0.2) is 4.39 Å². The van der Waals surface area contributed by atoms with Crippen molar-refractivity contribution in [3.8, 4) is 0 Å². The third-order valence-electron chi connectivity index (χ3n) is 5.37. The quantitative estimate of drug-likeness (QED) is 0.735. The van der Waals surface area contributed by atoms with Crippen molar-refractivity contribution in [1.29, 1.82) is 0 Å². The standard InChI is InChI=1S/C19H27FN2OS/c1-24-13-3-10-21-12-9-19(15-21)8-2-11-22(18(19)23)14-16-4-6-17(20)7-5-16/h4-7H,2-3,8-15H2,1H3. The van der Waals surface area contributed by atoms with E-state index in [9.17, 15) is 9.18 Å². The molecule has 0 bridgehead atoms. The van der Waals surface area contributed by atoms with Crippen LogP contribution in [0.2, 0.25) is 0 Å². The van der Waals surface area contributed by atoms with E-state index in [-0.39, 0.29) is 11.2 Å². The van der Waals surface area contributed by atoms with E-state index in [0.29, 0.717) is 12.5 Å². The van der Waals surface area contributed by atoms with Gasteiger partial charge in [0.25, 0.3) is 0 Å². The Hall–Kier alpha value is -1.07. The van der Waals surface area contributed by atoms with Gasteiger partial charge in [-0.1, -0.05) is 12.1 Å². The molecule has 132 valence electrons. The first-order chi connectivity index (χ1) is 11.6. The molecule has 2 saturated heterocycles. The first-order valence-corrected chi connectivity index (χ1v) is 10.3. The van der Waals surface area contributed by atoms with Gasteiger partial charge in [0.05, 0.1) is 5.41 Å². The fourth-order valence-corrected chi connectivity index (χ4v) is 4.49. The fraction of sp³-hybridized carbons (Fsp3) is 0.632. The van der Waals surface area contributed by atoms with E-state index in [4.69, 9.17) is 0 Å². The van der Waals surface area contributed by atoms with Crippen LogP contribution < -0.4 is 0 Å². The van der Waals surface area contributed by atoms with Crippen LogP contribution in [0.15, 0.2) is 24.3 Å². The van der Waals surface area contributed by atoms with Crippen molar-refractivity contribution < 1.29 is 9.18 Å². The van der Waals surface area contributed by atoms with Crippen molar-refractivity contribution in [2.24, 2.45) is 5.41 Å². The topological polar surface area (TPSA) is 23.6 Å². The van der Waals surface area contributed by atoms with Gasteiger partial charge in [-0.2, -0.15) is 11.8 Å². The van der Waals surface area contributed by atoms with E-state index in [1.54, 1.807) is 12.1 Å². The lowest BCUT2D eigenvalue weighted by Gasteiger charge is -2.39. The number of piperidine rings is 1. The van der Waals surface area contributed by atoms with Gasteiger partial charge in [0.1, 0.15) is 5.82 Å². The summed E-state index contributed by atoms with van der Waals surface area (Å²) in [6.45, 7) is 4.50. The fourth-order valence-electron chi connectivity index (χ4n) is 4.07.